The van der Waals surface area contributed by atoms with Crippen molar-refractivity contribution >= 4 is 11.0 Å². The van der Waals surface area contributed by atoms with Gasteiger partial charge in [0.2, 0.25) is 17.3 Å². The molecule has 0 aliphatic carbocycles. The zero-order chi connectivity index (χ0) is 16.0. The highest BCUT2D eigenvalue weighted by Crippen LogP contribution is 2.26. The molecule has 0 saturated heterocycles. The molecular formula is C15H12F4N3+. The van der Waals surface area contributed by atoms with Crippen molar-refractivity contribution in [3.63, 3.8) is 0 Å². The Hall–Kier alpha value is -2.44. The first-order valence-electron chi connectivity index (χ1n) is 6.67. The van der Waals surface area contributed by atoms with Crippen LogP contribution in [0.15, 0.2) is 24.3 Å². The van der Waals surface area contributed by atoms with Crippen LogP contribution in [0.4, 0.5) is 17.6 Å². The number of fused-ring (bicyclic) bond motifs is 1. The number of para-hydroxylation sites is 2. The number of imidazole rings is 1. The van der Waals surface area contributed by atoms with Crippen molar-refractivity contribution in [1.29, 1.82) is 0 Å². The molecule has 0 amide bonds. The topological polar surface area (TPSA) is 21.7 Å². The summed E-state index contributed by atoms with van der Waals surface area (Å²) in [5.74, 6) is -5.94. The molecule has 0 aliphatic heterocycles. The van der Waals surface area contributed by atoms with Gasteiger partial charge in [-0.15, -0.1) is 0 Å². The second-order valence-electron chi connectivity index (χ2n) is 4.79. The molecule has 3 aromatic rings. The molecule has 1 aromatic carbocycles. The minimum atomic E-state index is -1.67. The highest BCUT2D eigenvalue weighted by atomic mass is 19.2. The summed E-state index contributed by atoms with van der Waals surface area (Å²) in [5, 5.41) is 0. The van der Waals surface area contributed by atoms with Crippen LogP contribution in [0.25, 0.3) is 16.7 Å². The third-order valence-corrected chi connectivity index (χ3v) is 3.64. The van der Waals surface area contributed by atoms with Crippen LogP contribution < -0.4 is 4.57 Å². The van der Waals surface area contributed by atoms with Crippen LogP contribution in [0.5, 0.6) is 0 Å². The number of halogens is 4. The van der Waals surface area contributed by atoms with Gasteiger partial charge in [0.1, 0.15) is 0 Å². The molecule has 22 heavy (non-hydrogen) atoms. The maximum absolute atomic E-state index is 14.1. The van der Waals surface area contributed by atoms with Crippen molar-refractivity contribution in [1.82, 2.24) is 9.55 Å². The van der Waals surface area contributed by atoms with Crippen LogP contribution in [-0.4, -0.2) is 9.55 Å². The lowest BCUT2D eigenvalue weighted by Crippen LogP contribution is -2.35. The van der Waals surface area contributed by atoms with Crippen molar-refractivity contribution < 1.29 is 22.1 Å². The van der Waals surface area contributed by atoms with Crippen molar-refractivity contribution in [2.45, 2.75) is 20.4 Å². The number of benzene rings is 1. The molecule has 0 fully saturated rings. The Kier molecular flexibility index (Phi) is 3.35. The number of aromatic nitrogens is 3. The smallest absolute Gasteiger partial charge is 0.227 e. The average molecular weight is 310 g/mol. The Balaban J connectivity index is 2.50. The molecular weight excluding hydrogens is 298 g/mol. The molecule has 0 atom stereocenters. The molecule has 0 radical (unpaired) electrons. The first kappa shape index (κ1) is 14.5. The summed E-state index contributed by atoms with van der Waals surface area (Å²) < 4.78 is 57.9. The molecule has 3 nitrogen and oxygen atoms in total. The van der Waals surface area contributed by atoms with Gasteiger partial charge in [0.15, 0.2) is 11.0 Å². The minimum Gasteiger partial charge on any atom is -0.227 e. The molecule has 0 aliphatic rings. The molecule has 0 bridgehead atoms. The predicted molar refractivity (Wildman–Crippen MR) is 71.5 cm³/mol. The number of pyridine rings is 1. The Morgan fingerprint density at radius 3 is 2.23 bits per heavy atom. The van der Waals surface area contributed by atoms with Gasteiger partial charge in [-0.2, -0.15) is 27.1 Å². The zero-order valence-electron chi connectivity index (χ0n) is 11.9. The van der Waals surface area contributed by atoms with Crippen molar-refractivity contribution in [3.8, 4) is 5.69 Å². The fourth-order valence-electron chi connectivity index (χ4n) is 2.70. The summed E-state index contributed by atoms with van der Waals surface area (Å²) in [6, 6.07) is 6.86. The lowest BCUT2D eigenvalue weighted by atomic mass is 10.3. The lowest BCUT2D eigenvalue weighted by molar-refractivity contribution is -0.674. The third-order valence-electron chi connectivity index (χ3n) is 3.64. The molecule has 0 N–H and O–H groups in total. The van der Waals surface area contributed by atoms with Crippen LogP contribution >= 0.6 is 0 Å². The number of hydrogen-bond acceptors (Lipinski definition) is 1. The van der Waals surface area contributed by atoms with Gasteiger partial charge in [-0.1, -0.05) is 12.1 Å². The van der Waals surface area contributed by atoms with E-state index in [-0.39, 0.29) is 0 Å². The fourth-order valence-corrected chi connectivity index (χ4v) is 2.70. The molecule has 0 saturated carbocycles. The summed E-state index contributed by atoms with van der Waals surface area (Å²) in [7, 11) is 0. The monoisotopic (exact) mass is 310 g/mol. The van der Waals surface area contributed by atoms with Crippen LogP contribution in [0.2, 0.25) is 0 Å². The zero-order valence-corrected chi connectivity index (χ0v) is 11.9. The first-order chi connectivity index (χ1) is 10.5. The highest BCUT2D eigenvalue weighted by molar-refractivity contribution is 5.74. The van der Waals surface area contributed by atoms with E-state index in [0.717, 1.165) is 4.57 Å². The maximum Gasteiger partial charge on any atom is 0.259 e. The molecule has 2 aromatic heterocycles. The van der Waals surface area contributed by atoms with E-state index < -0.39 is 29.2 Å². The second kappa shape index (κ2) is 5.08. The van der Waals surface area contributed by atoms with E-state index in [1.165, 1.54) is 0 Å². The van der Waals surface area contributed by atoms with E-state index in [0.29, 0.717) is 23.4 Å². The SMILES string of the molecule is CC[n+]1c(C)n(-c2c(F)c(F)nc(F)c2F)c2ccccc21. The highest BCUT2D eigenvalue weighted by Gasteiger charge is 2.31. The number of aryl methyl sites for hydroxylation is 1. The quantitative estimate of drug-likeness (QED) is 0.405. The Labute approximate surface area is 123 Å². The lowest BCUT2D eigenvalue weighted by Gasteiger charge is -2.04. The Morgan fingerprint density at radius 1 is 1.05 bits per heavy atom. The maximum atomic E-state index is 14.1. The number of nitrogens with zero attached hydrogens (tertiary/aromatic N) is 3. The molecule has 0 unspecified atom stereocenters. The van der Waals surface area contributed by atoms with Gasteiger partial charge < -0.3 is 0 Å². The summed E-state index contributed by atoms with van der Waals surface area (Å²) in [6.45, 7) is 4.03. The predicted octanol–water partition coefficient (Wildman–Crippen LogP) is 3.20. The molecule has 2 heterocycles. The summed E-state index contributed by atoms with van der Waals surface area (Å²) >= 11 is 0. The van der Waals surface area contributed by atoms with Gasteiger partial charge in [0, 0.05) is 6.92 Å². The largest absolute Gasteiger partial charge is 0.259 e. The van der Waals surface area contributed by atoms with Crippen molar-refractivity contribution in [2.24, 2.45) is 0 Å². The Morgan fingerprint density at radius 2 is 1.64 bits per heavy atom. The summed E-state index contributed by atoms with van der Waals surface area (Å²) in [6.07, 6.45) is 0. The van der Waals surface area contributed by atoms with Crippen LogP contribution in [-0.2, 0) is 6.54 Å². The van der Waals surface area contributed by atoms with Gasteiger partial charge >= 0.3 is 0 Å². The van der Waals surface area contributed by atoms with E-state index in [1.807, 2.05) is 6.92 Å². The van der Waals surface area contributed by atoms with Gasteiger partial charge in [-0.3, -0.25) is 0 Å². The van der Waals surface area contributed by atoms with Gasteiger partial charge in [0.25, 0.3) is 17.7 Å². The van der Waals surface area contributed by atoms with Crippen molar-refractivity contribution in [2.75, 3.05) is 0 Å². The number of hydrogen-bond donors (Lipinski definition) is 0. The number of rotatable bonds is 2. The summed E-state index contributed by atoms with van der Waals surface area (Å²) in [5.41, 5.74) is 0.356. The van der Waals surface area contributed by atoms with Crippen LogP contribution in [0.1, 0.15) is 12.7 Å². The molecule has 0 spiro atoms. The second-order valence-corrected chi connectivity index (χ2v) is 4.79. The van der Waals surface area contributed by atoms with Crippen LogP contribution in [0.3, 0.4) is 0 Å². The van der Waals surface area contributed by atoms with Gasteiger partial charge in [0.05, 0.1) is 6.54 Å². The van der Waals surface area contributed by atoms with Crippen LogP contribution in [0, 0.1) is 30.5 Å². The summed E-state index contributed by atoms with van der Waals surface area (Å²) in [4.78, 5) is 2.59. The average Bonchev–Trinajstić information content (AvgIpc) is 2.78. The van der Waals surface area contributed by atoms with E-state index >= 15 is 0 Å². The fraction of sp³-hybridized carbons (Fsp3) is 0.200. The van der Waals surface area contributed by atoms with Crippen molar-refractivity contribution in [3.05, 3.63) is 53.6 Å². The van der Waals surface area contributed by atoms with E-state index in [2.05, 4.69) is 4.98 Å². The molecule has 3 rings (SSSR count). The molecule has 7 heteroatoms. The third kappa shape index (κ3) is 1.88. The van der Waals surface area contributed by atoms with E-state index in [1.54, 1.807) is 35.8 Å². The molecule has 114 valence electrons. The minimum absolute atomic E-state index is 0.449. The van der Waals surface area contributed by atoms with Gasteiger partial charge in [-0.05, 0) is 19.1 Å². The first-order valence-corrected chi connectivity index (χ1v) is 6.67. The normalized spacial score (nSPS) is 11.4. The van der Waals surface area contributed by atoms with E-state index in [9.17, 15) is 17.6 Å². The van der Waals surface area contributed by atoms with Gasteiger partial charge in [-0.25, -0.2) is 4.57 Å². The standard InChI is InChI=1S/C15H12F4N3/c1-3-21-8(2)22(10-7-5-4-6-9(10)21)13-11(16)14(18)20-15(19)12(13)17/h4-7H,3H2,1-2H3/q+1. The van der Waals surface area contributed by atoms with E-state index in [4.69, 9.17) is 0 Å². The Bertz CT molecular complexity index is 860.